The smallest absolute Gasteiger partial charge is 0.254 e. The van der Waals surface area contributed by atoms with E-state index in [0.29, 0.717) is 31.6 Å². The number of nitrogens with zero attached hydrogens (tertiary/aromatic N) is 2. The molecule has 2 aliphatic rings. The Morgan fingerprint density at radius 1 is 1.38 bits per heavy atom. The number of methoxy groups -OCH3 is 1. The fourth-order valence-corrected chi connectivity index (χ4v) is 3.79. The Morgan fingerprint density at radius 3 is 2.79 bits per heavy atom. The summed E-state index contributed by atoms with van der Waals surface area (Å²) >= 11 is 0. The van der Waals surface area contributed by atoms with E-state index in [4.69, 9.17) is 4.74 Å². The molecule has 2 aliphatic heterocycles. The first-order chi connectivity index (χ1) is 11.6. The van der Waals surface area contributed by atoms with Crippen molar-refractivity contribution in [1.29, 1.82) is 0 Å². The Balaban J connectivity index is 1.88. The second kappa shape index (κ2) is 6.85. The Bertz CT molecular complexity index is 665. The molecule has 0 radical (unpaired) electrons. The normalized spacial score (nSPS) is 20.4. The third kappa shape index (κ3) is 2.88. The molecule has 1 N–H and O–H groups in total. The standard InChI is InChI=1S/C19H26N2O3/c1-4-20(5-2)19(23)16-12-21-9-8-13-10-14(24-3)6-7-15(13)17(21)11-18(16)22/h6-7,10,17,22H,4-5,8-9,11-12H2,1-3H3. The van der Waals surface area contributed by atoms with Crippen LogP contribution in [0.5, 0.6) is 5.75 Å². The maximum Gasteiger partial charge on any atom is 0.254 e. The molecule has 0 spiro atoms. The number of amides is 1. The van der Waals surface area contributed by atoms with E-state index in [1.165, 1.54) is 11.1 Å². The van der Waals surface area contributed by atoms with Crippen LogP contribution in [0.4, 0.5) is 0 Å². The van der Waals surface area contributed by atoms with Gasteiger partial charge < -0.3 is 14.7 Å². The number of aliphatic hydroxyl groups excluding tert-OH is 1. The molecule has 3 rings (SSSR count). The summed E-state index contributed by atoms with van der Waals surface area (Å²) in [5, 5.41) is 10.5. The maximum atomic E-state index is 12.6. The number of likely N-dealkylation sites (N-methyl/N-ethyl adjacent to an activating group) is 1. The summed E-state index contributed by atoms with van der Waals surface area (Å²) in [5.41, 5.74) is 3.08. The van der Waals surface area contributed by atoms with Gasteiger partial charge in [-0.1, -0.05) is 6.07 Å². The lowest BCUT2D eigenvalue weighted by Crippen LogP contribution is -2.44. The number of fused-ring (bicyclic) bond motifs is 3. The fraction of sp³-hybridized carbons (Fsp3) is 0.526. The van der Waals surface area contributed by atoms with Crippen molar-refractivity contribution in [2.75, 3.05) is 33.3 Å². The van der Waals surface area contributed by atoms with Crippen LogP contribution in [0.3, 0.4) is 0 Å². The van der Waals surface area contributed by atoms with Gasteiger partial charge in [-0.05, 0) is 43.5 Å². The third-order valence-corrected chi connectivity index (χ3v) is 5.22. The van der Waals surface area contributed by atoms with E-state index < -0.39 is 0 Å². The first-order valence-electron chi connectivity index (χ1n) is 8.70. The summed E-state index contributed by atoms with van der Waals surface area (Å²) in [4.78, 5) is 16.7. The van der Waals surface area contributed by atoms with Gasteiger partial charge in [-0.15, -0.1) is 0 Å². The lowest BCUT2D eigenvalue weighted by atomic mass is 9.86. The van der Waals surface area contributed by atoms with Crippen LogP contribution in [0.15, 0.2) is 29.5 Å². The van der Waals surface area contributed by atoms with Gasteiger partial charge in [0.25, 0.3) is 5.91 Å². The molecule has 0 bridgehead atoms. The average Bonchev–Trinajstić information content (AvgIpc) is 2.61. The molecule has 0 aromatic heterocycles. The van der Waals surface area contributed by atoms with Crippen LogP contribution in [0.2, 0.25) is 0 Å². The van der Waals surface area contributed by atoms with Gasteiger partial charge in [0, 0.05) is 38.6 Å². The molecule has 1 aromatic carbocycles. The van der Waals surface area contributed by atoms with Gasteiger partial charge in [0.1, 0.15) is 11.5 Å². The molecule has 0 aliphatic carbocycles. The molecule has 1 amide bonds. The zero-order valence-electron chi connectivity index (χ0n) is 14.7. The predicted octanol–water partition coefficient (Wildman–Crippen LogP) is 2.68. The minimum Gasteiger partial charge on any atom is -0.512 e. The number of ether oxygens (including phenoxy) is 1. The number of aliphatic hydroxyl groups is 1. The van der Waals surface area contributed by atoms with E-state index in [1.54, 1.807) is 12.0 Å². The van der Waals surface area contributed by atoms with Crippen molar-refractivity contribution in [2.45, 2.75) is 32.7 Å². The third-order valence-electron chi connectivity index (χ3n) is 5.22. The highest BCUT2D eigenvalue weighted by Crippen LogP contribution is 2.39. The Hall–Kier alpha value is -2.01. The lowest BCUT2D eigenvalue weighted by Gasteiger charge is -2.41. The molecule has 0 saturated carbocycles. The summed E-state index contributed by atoms with van der Waals surface area (Å²) in [6.07, 6.45) is 1.44. The van der Waals surface area contributed by atoms with Gasteiger partial charge in [0.05, 0.1) is 12.7 Å². The van der Waals surface area contributed by atoms with Crippen LogP contribution in [0.25, 0.3) is 0 Å². The van der Waals surface area contributed by atoms with Crippen LogP contribution in [0, 0.1) is 0 Å². The van der Waals surface area contributed by atoms with Crippen LogP contribution >= 0.6 is 0 Å². The SMILES string of the molecule is CCN(CC)C(=O)C1=C(O)CC2c3ccc(OC)cc3CCN2C1. The van der Waals surface area contributed by atoms with Gasteiger partial charge >= 0.3 is 0 Å². The zero-order valence-corrected chi connectivity index (χ0v) is 14.7. The molecule has 1 unspecified atom stereocenters. The Morgan fingerprint density at radius 2 is 2.12 bits per heavy atom. The van der Waals surface area contributed by atoms with E-state index >= 15 is 0 Å². The molecule has 0 fully saturated rings. The van der Waals surface area contributed by atoms with Crippen LogP contribution in [0.1, 0.15) is 37.4 Å². The summed E-state index contributed by atoms with van der Waals surface area (Å²) in [5.74, 6) is 1.09. The number of hydrogen-bond donors (Lipinski definition) is 1. The van der Waals surface area contributed by atoms with Gasteiger partial charge in [0.2, 0.25) is 0 Å². The zero-order chi connectivity index (χ0) is 17.3. The van der Waals surface area contributed by atoms with Crippen molar-refractivity contribution < 1.29 is 14.6 Å². The molecule has 24 heavy (non-hydrogen) atoms. The van der Waals surface area contributed by atoms with Crippen molar-refractivity contribution in [3.63, 3.8) is 0 Å². The van der Waals surface area contributed by atoms with Crippen molar-refractivity contribution >= 4 is 5.91 Å². The fourth-order valence-electron chi connectivity index (χ4n) is 3.79. The topological polar surface area (TPSA) is 53.0 Å². The second-order valence-electron chi connectivity index (χ2n) is 6.41. The number of rotatable bonds is 4. The van der Waals surface area contributed by atoms with E-state index in [2.05, 4.69) is 17.0 Å². The van der Waals surface area contributed by atoms with Gasteiger partial charge in [0.15, 0.2) is 0 Å². The highest BCUT2D eigenvalue weighted by molar-refractivity contribution is 5.94. The summed E-state index contributed by atoms with van der Waals surface area (Å²) in [6.45, 7) is 6.69. The molecule has 5 heteroatoms. The number of hydrogen-bond acceptors (Lipinski definition) is 4. The molecule has 5 nitrogen and oxygen atoms in total. The van der Waals surface area contributed by atoms with Crippen molar-refractivity contribution in [3.05, 3.63) is 40.7 Å². The van der Waals surface area contributed by atoms with Gasteiger partial charge in [-0.3, -0.25) is 9.69 Å². The number of carbonyl (C=O) groups excluding carboxylic acids is 1. The molecule has 2 heterocycles. The van der Waals surface area contributed by atoms with Crippen LogP contribution < -0.4 is 4.74 Å². The average molecular weight is 330 g/mol. The second-order valence-corrected chi connectivity index (χ2v) is 6.41. The number of benzene rings is 1. The number of carbonyl (C=O) groups is 1. The first kappa shape index (κ1) is 16.8. The van der Waals surface area contributed by atoms with Crippen LogP contribution in [-0.2, 0) is 11.2 Å². The summed E-state index contributed by atoms with van der Waals surface area (Å²) in [7, 11) is 1.68. The summed E-state index contributed by atoms with van der Waals surface area (Å²) < 4.78 is 5.31. The highest BCUT2D eigenvalue weighted by atomic mass is 16.5. The van der Waals surface area contributed by atoms with E-state index in [9.17, 15) is 9.90 Å². The molecule has 1 aromatic rings. The van der Waals surface area contributed by atoms with Crippen molar-refractivity contribution in [2.24, 2.45) is 0 Å². The molecule has 1 atom stereocenters. The molecular weight excluding hydrogens is 304 g/mol. The molecular formula is C19H26N2O3. The van der Waals surface area contributed by atoms with Crippen molar-refractivity contribution in [1.82, 2.24) is 9.80 Å². The maximum absolute atomic E-state index is 12.6. The van der Waals surface area contributed by atoms with Gasteiger partial charge in [-0.2, -0.15) is 0 Å². The molecule has 130 valence electrons. The Kier molecular flexibility index (Phi) is 4.81. The molecule has 0 saturated heterocycles. The first-order valence-corrected chi connectivity index (χ1v) is 8.70. The van der Waals surface area contributed by atoms with Crippen molar-refractivity contribution in [3.8, 4) is 5.75 Å². The minimum atomic E-state index is -0.0310. The van der Waals surface area contributed by atoms with Gasteiger partial charge in [-0.25, -0.2) is 0 Å². The predicted molar refractivity (Wildman–Crippen MR) is 93.2 cm³/mol. The minimum absolute atomic E-state index is 0.0310. The monoisotopic (exact) mass is 330 g/mol. The summed E-state index contributed by atoms with van der Waals surface area (Å²) in [6, 6.07) is 6.30. The van der Waals surface area contributed by atoms with E-state index in [1.807, 2.05) is 19.9 Å². The quantitative estimate of drug-likeness (QED) is 0.922. The van der Waals surface area contributed by atoms with E-state index in [-0.39, 0.29) is 17.7 Å². The Labute approximate surface area is 143 Å². The van der Waals surface area contributed by atoms with Crippen LogP contribution in [-0.4, -0.2) is 54.1 Å². The highest BCUT2D eigenvalue weighted by Gasteiger charge is 2.36. The lowest BCUT2D eigenvalue weighted by molar-refractivity contribution is -0.127. The van der Waals surface area contributed by atoms with E-state index in [0.717, 1.165) is 18.7 Å². The largest absolute Gasteiger partial charge is 0.512 e.